The van der Waals surface area contributed by atoms with E-state index in [9.17, 15) is 9.59 Å². The number of hydrogen-bond donors (Lipinski definition) is 1. The Bertz CT molecular complexity index is 1360. The van der Waals surface area contributed by atoms with Crippen LogP contribution in [0.5, 0.6) is 11.5 Å². The van der Waals surface area contributed by atoms with E-state index < -0.39 is 0 Å². The summed E-state index contributed by atoms with van der Waals surface area (Å²) >= 11 is 7.31. The van der Waals surface area contributed by atoms with Crippen molar-refractivity contribution in [1.82, 2.24) is 14.9 Å². The summed E-state index contributed by atoms with van der Waals surface area (Å²) in [5.74, 6) is 0.981. The lowest BCUT2D eigenvalue weighted by molar-refractivity contribution is -0.122. The molecule has 9 heteroatoms. The summed E-state index contributed by atoms with van der Waals surface area (Å²) in [4.78, 5) is 31.0. The van der Waals surface area contributed by atoms with Crippen LogP contribution >= 0.6 is 22.9 Å². The molecule has 1 N–H and O–H groups in total. The van der Waals surface area contributed by atoms with E-state index in [0.29, 0.717) is 26.7 Å². The zero-order valence-corrected chi connectivity index (χ0v) is 19.9. The molecule has 2 aromatic carbocycles. The maximum absolute atomic E-state index is 13.0. The number of nitrogens with one attached hydrogen (secondary N) is 1. The van der Waals surface area contributed by atoms with E-state index in [1.165, 1.54) is 22.2 Å². The number of rotatable bonds is 7. The van der Waals surface area contributed by atoms with Gasteiger partial charge in [-0.2, -0.15) is 0 Å². The zero-order valence-electron chi connectivity index (χ0n) is 18.3. The van der Waals surface area contributed by atoms with E-state index >= 15 is 0 Å². The average Bonchev–Trinajstić information content (AvgIpc) is 3.26. The number of benzene rings is 2. The summed E-state index contributed by atoms with van der Waals surface area (Å²) in [5, 5.41) is 3.56. The monoisotopic (exact) mass is 483 g/mol. The van der Waals surface area contributed by atoms with Gasteiger partial charge in [0.25, 0.3) is 5.56 Å². The van der Waals surface area contributed by atoms with Gasteiger partial charge in [0, 0.05) is 15.5 Å². The molecule has 0 aliphatic heterocycles. The van der Waals surface area contributed by atoms with E-state index in [1.807, 2.05) is 31.2 Å². The second-order valence-corrected chi connectivity index (χ2v) is 8.90. The molecule has 0 spiro atoms. The average molecular weight is 484 g/mol. The van der Waals surface area contributed by atoms with Crippen molar-refractivity contribution >= 4 is 39.1 Å². The summed E-state index contributed by atoms with van der Waals surface area (Å²) in [7, 11) is 3.15. The van der Waals surface area contributed by atoms with Crippen LogP contribution in [-0.2, 0) is 11.3 Å². The van der Waals surface area contributed by atoms with Crippen LogP contribution in [0.1, 0.15) is 18.5 Å². The van der Waals surface area contributed by atoms with Crippen LogP contribution in [0.2, 0.25) is 5.02 Å². The molecule has 0 saturated carbocycles. The first-order valence-corrected chi connectivity index (χ1v) is 11.3. The molecule has 0 radical (unpaired) electrons. The minimum absolute atomic E-state index is 0.146. The van der Waals surface area contributed by atoms with Crippen LogP contribution in [0.15, 0.2) is 59.7 Å². The quantitative estimate of drug-likeness (QED) is 0.413. The summed E-state index contributed by atoms with van der Waals surface area (Å²) < 4.78 is 12.5. The first kappa shape index (κ1) is 22.8. The molecule has 0 saturated heterocycles. The van der Waals surface area contributed by atoms with Gasteiger partial charge in [-0.15, -0.1) is 11.3 Å². The van der Waals surface area contributed by atoms with Crippen molar-refractivity contribution in [3.05, 3.63) is 75.8 Å². The SMILES string of the molecule is COc1ccc(OC)c(C(C)NC(=O)Cn2cnc3cc(-c4ccc(Cl)cc4)sc3c2=O)c1. The minimum atomic E-state index is -0.354. The molecule has 33 heavy (non-hydrogen) atoms. The lowest BCUT2D eigenvalue weighted by Gasteiger charge is -2.18. The molecule has 0 fully saturated rings. The van der Waals surface area contributed by atoms with E-state index in [1.54, 1.807) is 38.5 Å². The van der Waals surface area contributed by atoms with Gasteiger partial charge < -0.3 is 14.8 Å². The lowest BCUT2D eigenvalue weighted by Crippen LogP contribution is -2.33. The number of carbonyl (C=O) groups excluding carboxylic acids is 1. The predicted octanol–water partition coefficient (Wildman–Crippen LogP) is 4.67. The van der Waals surface area contributed by atoms with Gasteiger partial charge in [-0.05, 0) is 48.9 Å². The molecule has 4 aromatic rings. The fourth-order valence-corrected chi connectivity index (χ4v) is 4.70. The van der Waals surface area contributed by atoms with Crippen molar-refractivity contribution in [2.45, 2.75) is 19.5 Å². The van der Waals surface area contributed by atoms with E-state index in [4.69, 9.17) is 21.1 Å². The number of hydrogen-bond acceptors (Lipinski definition) is 6. The Labute approximate surface area is 199 Å². The van der Waals surface area contributed by atoms with Gasteiger partial charge in [-0.3, -0.25) is 14.2 Å². The molecule has 1 unspecified atom stereocenters. The Morgan fingerprint density at radius 3 is 2.61 bits per heavy atom. The Morgan fingerprint density at radius 2 is 1.91 bits per heavy atom. The van der Waals surface area contributed by atoms with Gasteiger partial charge >= 0.3 is 0 Å². The highest BCUT2D eigenvalue weighted by atomic mass is 35.5. The molecule has 0 bridgehead atoms. The van der Waals surface area contributed by atoms with Crippen molar-refractivity contribution in [2.75, 3.05) is 14.2 Å². The second-order valence-electron chi connectivity index (χ2n) is 7.41. The number of aromatic nitrogens is 2. The third-order valence-electron chi connectivity index (χ3n) is 5.23. The first-order valence-electron chi connectivity index (χ1n) is 10.2. The van der Waals surface area contributed by atoms with Crippen LogP contribution in [0.4, 0.5) is 0 Å². The van der Waals surface area contributed by atoms with Crippen molar-refractivity contribution in [2.24, 2.45) is 0 Å². The zero-order chi connectivity index (χ0) is 23.5. The second kappa shape index (κ2) is 9.64. The van der Waals surface area contributed by atoms with Crippen LogP contribution in [-0.4, -0.2) is 29.7 Å². The Kier molecular flexibility index (Phi) is 6.67. The van der Waals surface area contributed by atoms with Crippen molar-refractivity contribution in [3.63, 3.8) is 0 Å². The Hall–Kier alpha value is -3.36. The summed E-state index contributed by atoms with van der Waals surface area (Å²) in [5.41, 5.74) is 2.07. The van der Waals surface area contributed by atoms with Crippen LogP contribution in [0.25, 0.3) is 20.7 Å². The molecule has 1 amide bonds. The fourth-order valence-electron chi connectivity index (χ4n) is 3.51. The van der Waals surface area contributed by atoms with Crippen molar-refractivity contribution in [1.29, 1.82) is 0 Å². The van der Waals surface area contributed by atoms with Gasteiger partial charge in [-0.1, -0.05) is 23.7 Å². The smallest absolute Gasteiger partial charge is 0.271 e. The molecule has 0 aliphatic rings. The number of thiophene rings is 1. The number of amides is 1. The van der Waals surface area contributed by atoms with Gasteiger partial charge in [-0.25, -0.2) is 4.98 Å². The van der Waals surface area contributed by atoms with Gasteiger partial charge in [0.2, 0.25) is 5.91 Å². The molecule has 1 atom stereocenters. The highest BCUT2D eigenvalue weighted by Gasteiger charge is 2.17. The summed E-state index contributed by atoms with van der Waals surface area (Å²) in [6.07, 6.45) is 1.40. The minimum Gasteiger partial charge on any atom is -0.497 e. The normalized spacial score (nSPS) is 11.9. The molecule has 2 aromatic heterocycles. The van der Waals surface area contributed by atoms with E-state index in [0.717, 1.165) is 16.0 Å². The van der Waals surface area contributed by atoms with Crippen LogP contribution in [0.3, 0.4) is 0 Å². The van der Waals surface area contributed by atoms with E-state index in [2.05, 4.69) is 10.3 Å². The Balaban J connectivity index is 1.54. The number of nitrogens with zero attached hydrogens (tertiary/aromatic N) is 2. The Morgan fingerprint density at radius 1 is 1.15 bits per heavy atom. The van der Waals surface area contributed by atoms with Crippen molar-refractivity contribution in [3.8, 4) is 21.9 Å². The molecule has 4 rings (SSSR count). The molecule has 0 aliphatic carbocycles. The molecule has 170 valence electrons. The number of carbonyl (C=O) groups is 1. The number of methoxy groups -OCH3 is 2. The van der Waals surface area contributed by atoms with Gasteiger partial charge in [0.05, 0.1) is 32.1 Å². The third-order valence-corrected chi connectivity index (χ3v) is 6.64. The van der Waals surface area contributed by atoms with Crippen LogP contribution in [0, 0.1) is 0 Å². The molecular formula is C24H22ClN3O4S. The maximum atomic E-state index is 13.0. The van der Waals surface area contributed by atoms with E-state index in [-0.39, 0.29) is 24.1 Å². The first-order chi connectivity index (χ1) is 15.9. The summed E-state index contributed by atoms with van der Waals surface area (Å²) in [6.45, 7) is 1.70. The number of ether oxygens (including phenoxy) is 2. The molecule has 7 nitrogen and oxygen atoms in total. The van der Waals surface area contributed by atoms with Gasteiger partial charge in [0.15, 0.2) is 0 Å². The maximum Gasteiger partial charge on any atom is 0.271 e. The topological polar surface area (TPSA) is 82.4 Å². The van der Waals surface area contributed by atoms with Gasteiger partial charge in [0.1, 0.15) is 22.7 Å². The predicted molar refractivity (Wildman–Crippen MR) is 130 cm³/mol. The molecule has 2 heterocycles. The summed E-state index contributed by atoms with van der Waals surface area (Å²) in [6, 6.07) is 14.3. The highest BCUT2D eigenvalue weighted by Crippen LogP contribution is 2.32. The van der Waals surface area contributed by atoms with Crippen molar-refractivity contribution < 1.29 is 14.3 Å². The van der Waals surface area contributed by atoms with Crippen LogP contribution < -0.4 is 20.3 Å². The number of fused-ring (bicyclic) bond motifs is 1. The lowest BCUT2D eigenvalue weighted by atomic mass is 10.1. The highest BCUT2D eigenvalue weighted by molar-refractivity contribution is 7.22. The standard InChI is InChI=1S/C24H22ClN3O4S/c1-14(18-10-17(31-2)8-9-20(18)32-3)27-22(29)12-28-13-26-19-11-21(33-23(19)24(28)30)15-4-6-16(25)7-5-15/h4-11,13-14H,12H2,1-3H3,(H,27,29). The fraction of sp³-hybridized carbons (Fsp3) is 0.208. The third kappa shape index (κ3) is 4.86. The molecular weight excluding hydrogens is 462 g/mol. The largest absolute Gasteiger partial charge is 0.497 e. The number of halogens is 1.